The first-order chi connectivity index (χ1) is 13.3. The molecule has 0 amide bonds. The van der Waals surface area contributed by atoms with Gasteiger partial charge in [-0.25, -0.2) is 18.4 Å². The fourth-order valence-corrected chi connectivity index (χ4v) is 2.85. The monoisotopic (exact) mass is 392 g/mol. The molecule has 1 saturated heterocycles. The van der Waals surface area contributed by atoms with Gasteiger partial charge in [0.05, 0.1) is 0 Å². The van der Waals surface area contributed by atoms with Crippen molar-refractivity contribution in [1.82, 2.24) is 9.80 Å². The third kappa shape index (κ3) is 7.42. The molecule has 150 valence electrons. The van der Waals surface area contributed by atoms with E-state index in [1.807, 2.05) is 18.2 Å². The summed E-state index contributed by atoms with van der Waals surface area (Å²) in [4.78, 5) is 22.9. The van der Waals surface area contributed by atoms with E-state index in [0.717, 1.165) is 50.4 Å². The molecule has 0 saturated carbocycles. The van der Waals surface area contributed by atoms with Gasteiger partial charge < -0.3 is 10.2 Å². The van der Waals surface area contributed by atoms with Crippen LogP contribution in [0.5, 0.6) is 0 Å². The van der Waals surface area contributed by atoms with E-state index in [-0.39, 0.29) is 11.6 Å². The molecule has 2 N–H and O–H groups in total. The number of hydrogen-bond acceptors (Lipinski definition) is 4. The largest absolute Gasteiger partial charge is 0.473 e. The van der Waals surface area contributed by atoms with E-state index in [4.69, 9.17) is 19.8 Å². The molecule has 1 fully saturated rings. The van der Waals surface area contributed by atoms with Gasteiger partial charge in [-0.1, -0.05) is 24.3 Å². The standard InChI is InChI=1S/C18H20F2N2.C2H2O4/c19-17-6-4-15(5-7-17)13-21-8-10-22(11-9-21)14-16-2-1-3-18(20)12-16;3-1(4)2(5)6/h1-7,12H,8-11,13-14H2;(H,3,4)(H,5,6). The van der Waals surface area contributed by atoms with Gasteiger partial charge in [-0.05, 0) is 35.4 Å². The van der Waals surface area contributed by atoms with Crippen molar-refractivity contribution in [2.45, 2.75) is 13.1 Å². The molecular formula is C20H22F2N2O4. The van der Waals surface area contributed by atoms with Crippen LogP contribution in [0.2, 0.25) is 0 Å². The van der Waals surface area contributed by atoms with E-state index < -0.39 is 11.9 Å². The van der Waals surface area contributed by atoms with Gasteiger partial charge in [0.25, 0.3) is 0 Å². The molecule has 1 heterocycles. The lowest BCUT2D eigenvalue weighted by Gasteiger charge is -2.34. The first-order valence-corrected chi connectivity index (χ1v) is 8.73. The lowest BCUT2D eigenvalue weighted by molar-refractivity contribution is -0.159. The third-order valence-corrected chi connectivity index (χ3v) is 4.26. The van der Waals surface area contributed by atoms with Gasteiger partial charge in [0.2, 0.25) is 0 Å². The molecule has 0 aromatic heterocycles. The molecule has 0 aliphatic carbocycles. The fourth-order valence-electron chi connectivity index (χ4n) is 2.85. The Morgan fingerprint density at radius 2 is 1.25 bits per heavy atom. The maximum absolute atomic E-state index is 13.2. The number of benzene rings is 2. The van der Waals surface area contributed by atoms with Crippen LogP contribution in [0.3, 0.4) is 0 Å². The first kappa shape index (κ1) is 21.5. The summed E-state index contributed by atoms with van der Waals surface area (Å²) in [5, 5.41) is 14.8. The van der Waals surface area contributed by atoms with Gasteiger partial charge >= 0.3 is 11.9 Å². The third-order valence-electron chi connectivity index (χ3n) is 4.26. The Labute approximate surface area is 161 Å². The number of halogens is 2. The maximum Gasteiger partial charge on any atom is 0.414 e. The number of carbonyl (C=O) groups is 2. The predicted molar refractivity (Wildman–Crippen MR) is 98.6 cm³/mol. The van der Waals surface area contributed by atoms with Crippen LogP contribution in [0, 0.1) is 11.6 Å². The van der Waals surface area contributed by atoms with E-state index in [2.05, 4.69) is 9.80 Å². The van der Waals surface area contributed by atoms with E-state index >= 15 is 0 Å². The molecule has 2 aromatic carbocycles. The van der Waals surface area contributed by atoms with E-state index in [9.17, 15) is 8.78 Å². The molecule has 3 rings (SSSR count). The van der Waals surface area contributed by atoms with Crippen molar-refractivity contribution in [3.63, 3.8) is 0 Å². The smallest absolute Gasteiger partial charge is 0.414 e. The molecular weight excluding hydrogens is 370 g/mol. The molecule has 0 radical (unpaired) electrons. The van der Waals surface area contributed by atoms with Crippen molar-refractivity contribution in [2.24, 2.45) is 0 Å². The maximum atomic E-state index is 13.2. The van der Waals surface area contributed by atoms with E-state index in [1.54, 1.807) is 12.1 Å². The van der Waals surface area contributed by atoms with Crippen molar-refractivity contribution >= 4 is 11.9 Å². The Hall–Kier alpha value is -2.84. The van der Waals surface area contributed by atoms with E-state index in [0.29, 0.717) is 0 Å². The summed E-state index contributed by atoms with van der Waals surface area (Å²) >= 11 is 0. The number of hydrogen-bond donors (Lipinski definition) is 2. The molecule has 6 nitrogen and oxygen atoms in total. The minimum Gasteiger partial charge on any atom is -0.473 e. The Balaban J connectivity index is 0.000000409. The van der Waals surface area contributed by atoms with Gasteiger partial charge in [0.1, 0.15) is 11.6 Å². The average molecular weight is 392 g/mol. The highest BCUT2D eigenvalue weighted by Crippen LogP contribution is 2.12. The molecule has 0 bridgehead atoms. The number of carboxylic acid groups (broad SMARTS) is 2. The summed E-state index contributed by atoms with van der Waals surface area (Å²) in [7, 11) is 0. The summed E-state index contributed by atoms with van der Waals surface area (Å²) in [5.74, 6) is -4.01. The van der Waals surface area contributed by atoms with Gasteiger partial charge in [-0.2, -0.15) is 0 Å². The average Bonchev–Trinajstić information content (AvgIpc) is 2.66. The number of aliphatic carboxylic acids is 2. The van der Waals surface area contributed by atoms with Crippen molar-refractivity contribution < 1.29 is 28.6 Å². The number of rotatable bonds is 4. The number of nitrogens with zero attached hydrogens (tertiary/aromatic N) is 2. The van der Waals surface area contributed by atoms with Crippen LogP contribution in [0.25, 0.3) is 0 Å². The first-order valence-electron chi connectivity index (χ1n) is 8.73. The van der Waals surface area contributed by atoms with Crippen molar-refractivity contribution in [1.29, 1.82) is 0 Å². The van der Waals surface area contributed by atoms with Crippen LogP contribution < -0.4 is 0 Å². The predicted octanol–water partition coefficient (Wildman–Crippen LogP) is 2.44. The lowest BCUT2D eigenvalue weighted by atomic mass is 10.1. The molecule has 28 heavy (non-hydrogen) atoms. The van der Waals surface area contributed by atoms with Crippen LogP contribution in [-0.2, 0) is 22.7 Å². The molecule has 2 aromatic rings. The summed E-state index contributed by atoms with van der Waals surface area (Å²) in [6.07, 6.45) is 0. The van der Waals surface area contributed by atoms with Gasteiger partial charge in [0.15, 0.2) is 0 Å². The molecule has 1 aliphatic heterocycles. The zero-order valence-corrected chi connectivity index (χ0v) is 15.2. The summed E-state index contributed by atoms with van der Waals surface area (Å²) in [6, 6.07) is 13.5. The number of piperazine rings is 1. The Bertz CT molecular complexity index is 779. The zero-order valence-electron chi connectivity index (χ0n) is 15.2. The second-order valence-electron chi connectivity index (χ2n) is 6.42. The summed E-state index contributed by atoms with van der Waals surface area (Å²) in [5.41, 5.74) is 2.16. The van der Waals surface area contributed by atoms with Crippen LogP contribution in [-0.4, -0.2) is 58.1 Å². The molecule has 0 atom stereocenters. The molecule has 0 spiro atoms. The van der Waals surface area contributed by atoms with Crippen LogP contribution in [0.4, 0.5) is 8.78 Å². The van der Waals surface area contributed by atoms with E-state index in [1.165, 1.54) is 18.2 Å². The quantitative estimate of drug-likeness (QED) is 0.778. The SMILES string of the molecule is Fc1ccc(CN2CCN(Cc3cccc(F)c3)CC2)cc1.O=C(O)C(=O)O. The Kier molecular flexibility index (Phi) is 8.03. The Morgan fingerprint density at radius 1 is 0.750 bits per heavy atom. The van der Waals surface area contributed by atoms with Crippen LogP contribution >= 0.6 is 0 Å². The fraction of sp³-hybridized carbons (Fsp3) is 0.300. The zero-order chi connectivity index (χ0) is 20.5. The summed E-state index contributed by atoms with van der Waals surface area (Å²) < 4.78 is 26.1. The van der Waals surface area contributed by atoms with Gasteiger partial charge in [0, 0.05) is 39.3 Å². The van der Waals surface area contributed by atoms with Crippen molar-refractivity contribution in [3.05, 3.63) is 71.3 Å². The number of carboxylic acids is 2. The van der Waals surface area contributed by atoms with Gasteiger partial charge in [-0.3, -0.25) is 9.80 Å². The molecule has 1 aliphatic rings. The Morgan fingerprint density at radius 3 is 1.71 bits per heavy atom. The lowest BCUT2D eigenvalue weighted by Crippen LogP contribution is -2.45. The second kappa shape index (κ2) is 10.5. The highest BCUT2D eigenvalue weighted by molar-refractivity contribution is 6.27. The van der Waals surface area contributed by atoms with Gasteiger partial charge in [-0.15, -0.1) is 0 Å². The normalized spacial score (nSPS) is 14.8. The van der Waals surface area contributed by atoms with Crippen LogP contribution in [0.1, 0.15) is 11.1 Å². The minimum absolute atomic E-state index is 0.174. The second-order valence-corrected chi connectivity index (χ2v) is 6.42. The highest BCUT2D eigenvalue weighted by atomic mass is 19.1. The summed E-state index contributed by atoms with van der Waals surface area (Å²) in [6.45, 7) is 5.55. The van der Waals surface area contributed by atoms with Crippen LogP contribution in [0.15, 0.2) is 48.5 Å². The molecule has 8 heteroatoms. The molecule has 0 unspecified atom stereocenters. The minimum atomic E-state index is -1.82. The topological polar surface area (TPSA) is 81.1 Å². The van der Waals surface area contributed by atoms with Crippen molar-refractivity contribution in [3.8, 4) is 0 Å². The van der Waals surface area contributed by atoms with Crippen molar-refractivity contribution in [2.75, 3.05) is 26.2 Å². The highest BCUT2D eigenvalue weighted by Gasteiger charge is 2.17.